The lowest BCUT2D eigenvalue weighted by atomic mass is 10.1. The highest BCUT2D eigenvalue weighted by molar-refractivity contribution is 6.39. The second-order valence-corrected chi connectivity index (χ2v) is 5.64. The van der Waals surface area contributed by atoms with Crippen molar-refractivity contribution in [1.29, 1.82) is 0 Å². The van der Waals surface area contributed by atoms with Crippen LogP contribution in [0.1, 0.15) is 16.8 Å². The molecule has 0 fully saturated rings. The number of alkyl carbamates (subject to hydrolysis) is 1. The van der Waals surface area contributed by atoms with Crippen LogP contribution in [-0.2, 0) is 19.1 Å². The summed E-state index contributed by atoms with van der Waals surface area (Å²) in [5.41, 5.74) is -0.128. The van der Waals surface area contributed by atoms with Crippen molar-refractivity contribution < 1.29 is 33.8 Å². The number of hydrogen-bond donors (Lipinski definition) is 2. The molecule has 2 N–H and O–H groups in total. The first kappa shape index (κ1) is 21.5. The number of carbonyl (C=O) groups is 4. The zero-order chi connectivity index (χ0) is 19.7. The largest absolute Gasteiger partial charge is 0.481 e. The SMILES string of the molecule is C=CCOC(=O)N[C@@H](CC(=O)O)C(=O)COC(=O)c1c(Cl)cccc1Cl. The van der Waals surface area contributed by atoms with Crippen LogP contribution in [0.25, 0.3) is 0 Å². The average molecular weight is 404 g/mol. The molecular formula is C16H15Cl2NO7. The van der Waals surface area contributed by atoms with Gasteiger partial charge in [-0.15, -0.1) is 0 Å². The number of Topliss-reactive ketones (excluding diaryl/α,β-unsaturated/α-hetero) is 1. The molecule has 1 atom stereocenters. The van der Waals surface area contributed by atoms with Gasteiger partial charge >= 0.3 is 18.0 Å². The third-order valence-corrected chi connectivity index (χ3v) is 3.53. The monoisotopic (exact) mass is 403 g/mol. The summed E-state index contributed by atoms with van der Waals surface area (Å²) in [6.45, 7) is 2.43. The summed E-state index contributed by atoms with van der Waals surface area (Å²) in [6, 6.07) is 2.90. The molecule has 0 aliphatic heterocycles. The molecule has 1 aromatic carbocycles. The Morgan fingerprint density at radius 1 is 1.19 bits per heavy atom. The van der Waals surface area contributed by atoms with Crippen LogP contribution in [0.15, 0.2) is 30.9 Å². The predicted molar refractivity (Wildman–Crippen MR) is 92.5 cm³/mol. The quantitative estimate of drug-likeness (QED) is 0.479. The molecule has 1 amide bonds. The van der Waals surface area contributed by atoms with E-state index in [9.17, 15) is 19.2 Å². The molecule has 1 aromatic rings. The highest BCUT2D eigenvalue weighted by atomic mass is 35.5. The first-order valence-electron chi connectivity index (χ1n) is 7.16. The predicted octanol–water partition coefficient (Wildman–Crippen LogP) is 2.47. The zero-order valence-electron chi connectivity index (χ0n) is 13.4. The van der Waals surface area contributed by atoms with Crippen LogP contribution in [-0.4, -0.2) is 48.2 Å². The Morgan fingerprint density at radius 2 is 1.81 bits per heavy atom. The van der Waals surface area contributed by atoms with E-state index in [4.69, 9.17) is 33.0 Å². The number of halogens is 2. The molecule has 0 saturated heterocycles. The number of aliphatic carboxylic acids is 1. The second-order valence-electron chi connectivity index (χ2n) is 4.82. The van der Waals surface area contributed by atoms with Crippen LogP contribution in [0.5, 0.6) is 0 Å². The van der Waals surface area contributed by atoms with Gasteiger partial charge in [0.15, 0.2) is 12.4 Å². The van der Waals surface area contributed by atoms with Crippen molar-refractivity contribution in [2.24, 2.45) is 0 Å². The van der Waals surface area contributed by atoms with E-state index in [0.717, 1.165) is 0 Å². The standard InChI is InChI=1S/C16H15Cl2NO7/c1-2-6-25-16(24)19-11(7-13(21)22)12(20)8-26-15(23)14-9(17)4-3-5-10(14)18/h2-5,11H,1,6-8H2,(H,19,24)(H,21,22)/t11-/m0/s1. The van der Waals surface area contributed by atoms with Crippen LogP contribution >= 0.6 is 23.2 Å². The minimum absolute atomic E-state index is 0.0307. The summed E-state index contributed by atoms with van der Waals surface area (Å²) in [5, 5.41) is 11.0. The molecule has 10 heteroatoms. The Labute approximate surface area is 158 Å². The summed E-state index contributed by atoms with van der Waals surface area (Å²) < 4.78 is 9.44. The summed E-state index contributed by atoms with van der Waals surface area (Å²) in [4.78, 5) is 46.4. The van der Waals surface area contributed by atoms with Gasteiger partial charge in [-0.25, -0.2) is 9.59 Å². The second kappa shape index (κ2) is 10.4. The number of ether oxygens (including phenoxy) is 2. The number of benzene rings is 1. The molecule has 0 unspecified atom stereocenters. The highest BCUT2D eigenvalue weighted by Gasteiger charge is 2.26. The number of carboxylic acids is 1. The molecule has 140 valence electrons. The normalized spacial score (nSPS) is 11.2. The van der Waals surface area contributed by atoms with Crippen molar-refractivity contribution in [3.8, 4) is 0 Å². The number of nitrogens with one attached hydrogen (secondary N) is 1. The molecule has 0 spiro atoms. The van der Waals surface area contributed by atoms with Crippen molar-refractivity contribution in [3.05, 3.63) is 46.5 Å². The smallest absolute Gasteiger partial charge is 0.408 e. The van der Waals surface area contributed by atoms with Crippen molar-refractivity contribution in [1.82, 2.24) is 5.32 Å². The Bertz CT molecular complexity index is 700. The first-order chi connectivity index (χ1) is 12.3. The lowest BCUT2D eigenvalue weighted by Gasteiger charge is -2.15. The topological polar surface area (TPSA) is 119 Å². The molecule has 0 aliphatic carbocycles. The van der Waals surface area contributed by atoms with Crippen molar-refractivity contribution in [2.75, 3.05) is 13.2 Å². The third kappa shape index (κ3) is 6.73. The van der Waals surface area contributed by atoms with E-state index < -0.39 is 42.9 Å². The molecule has 0 aromatic heterocycles. The summed E-state index contributed by atoms with van der Waals surface area (Å²) in [5.74, 6) is -3.15. The van der Waals surface area contributed by atoms with Gasteiger partial charge in [-0.1, -0.05) is 41.9 Å². The number of ketones is 1. The fourth-order valence-electron chi connectivity index (χ4n) is 1.74. The fourth-order valence-corrected chi connectivity index (χ4v) is 2.29. The fraction of sp³-hybridized carbons (Fsp3) is 0.250. The summed E-state index contributed by atoms with van der Waals surface area (Å²) >= 11 is 11.7. The van der Waals surface area contributed by atoms with E-state index in [-0.39, 0.29) is 22.2 Å². The van der Waals surface area contributed by atoms with Crippen LogP contribution < -0.4 is 5.32 Å². The van der Waals surface area contributed by atoms with Crippen molar-refractivity contribution >= 4 is 47.0 Å². The maximum Gasteiger partial charge on any atom is 0.408 e. The van der Waals surface area contributed by atoms with Gasteiger partial charge in [0.2, 0.25) is 0 Å². The number of hydrogen-bond acceptors (Lipinski definition) is 6. The molecule has 0 bridgehead atoms. The van der Waals surface area contributed by atoms with Gasteiger partial charge in [0.05, 0.1) is 22.0 Å². The van der Waals surface area contributed by atoms with Gasteiger partial charge in [-0.3, -0.25) is 9.59 Å². The third-order valence-electron chi connectivity index (χ3n) is 2.90. The number of carboxylic acid groups (broad SMARTS) is 1. The minimum Gasteiger partial charge on any atom is -0.481 e. The molecule has 0 radical (unpaired) electrons. The van der Waals surface area contributed by atoms with Crippen molar-refractivity contribution in [2.45, 2.75) is 12.5 Å². The molecule has 26 heavy (non-hydrogen) atoms. The van der Waals surface area contributed by atoms with Crippen LogP contribution in [0.3, 0.4) is 0 Å². The molecule has 0 heterocycles. The minimum atomic E-state index is -1.45. The summed E-state index contributed by atoms with van der Waals surface area (Å²) in [6.07, 6.45) is -0.431. The Morgan fingerprint density at radius 3 is 2.35 bits per heavy atom. The lowest BCUT2D eigenvalue weighted by Crippen LogP contribution is -2.44. The van der Waals surface area contributed by atoms with Crippen LogP contribution in [0.4, 0.5) is 4.79 Å². The van der Waals surface area contributed by atoms with Crippen molar-refractivity contribution in [3.63, 3.8) is 0 Å². The highest BCUT2D eigenvalue weighted by Crippen LogP contribution is 2.24. The Balaban J connectivity index is 2.73. The Hall–Kier alpha value is -2.58. The number of rotatable bonds is 9. The van der Waals surface area contributed by atoms with Gasteiger partial charge in [0.1, 0.15) is 12.6 Å². The van der Waals surface area contributed by atoms with E-state index in [1.807, 2.05) is 0 Å². The van der Waals surface area contributed by atoms with Gasteiger partial charge < -0.3 is 19.9 Å². The van der Waals surface area contributed by atoms with Crippen LogP contribution in [0, 0.1) is 0 Å². The maximum atomic E-state index is 12.1. The number of amides is 1. The van der Waals surface area contributed by atoms with Crippen LogP contribution in [0.2, 0.25) is 10.0 Å². The number of carbonyl (C=O) groups excluding carboxylic acids is 3. The van der Waals surface area contributed by atoms with E-state index in [1.54, 1.807) is 0 Å². The van der Waals surface area contributed by atoms with Gasteiger partial charge in [-0.2, -0.15) is 0 Å². The molecule has 0 aliphatic rings. The number of esters is 1. The molecule has 8 nitrogen and oxygen atoms in total. The lowest BCUT2D eigenvalue weighted by molar-refractivity contribution is -0.139. The van der Waals surface area contributed by atoms with E-state index in [0.29, 0.717) is 0 Å². The van der Waals surface area contributed by atoms with E-state index in [2.05, 4.69) is 16.6 Å². The van der Waals surface area contributed by atoms with Gasteiger partial charge in [0, 0.05) is 0 Å². The van der Waals surface area contributed by atoms with E-state index >= 15 is 0 Å². The Kier molecular flexibility index (Phi) is 8.60. The molecular weight excluding hydrogens is 389 g/mol. The molecule has 0 saturated carbocycles. The maximum absolute atomic E-state index is 12.1. The van der Waals surface area contributed by atoms with Gasteiger partial charge in [-0.05, 0) is 12.1 Å². The average Bonchev–Trinajstić information content (AvgIpc) is 2.56. The summed E-state index contributed by atoms with van der Waals surface area (Å²) in [7, 11) is 0. The first-order valence-corrected chi connectivity index (χ1v) is 7.91. The van der Waals surface area contributed by atoms with E-state index in [1.165, 1.54) is 24.3 Å². The molecule has 1 rings (SSSR count). The van der Waals surface area contributed by atoms with Gasteiger partial charge in [0.25, 0.3) is 0 Å². The zero-order valence-corrected chi connectivity index (χ0v) is 14.9.